The van der Waals surface area contributed by atoms with Crippen LogP contribution < -0.4 is 10.1 Å². The van der Waals surface area contributed by atoms with Crippen molar-refractivity contribution in [3.8, 4) is 17.1 Å². The molecule has 0 saturated carbocycles. The first-order chi connectivity index (χ1) is 17.0. The van der Waals surface area contributed by atoms with Crippen molar-refractivity contribution in [3.63, 3.8) is 0 Å². The molecule has 1 amide bonds. The SMILES string of the molecule is COc1ccc(-c2nnc(SCC(=O)Nc3ccccc3C(C)=O)n2CCc2ccccc2)cc1. The van der Waals surface area contributed by atoms with Crippen LogP contribution >= 0.6 is 11.8 Å². The monoisotopic (exact) mass is 486 g/mol. The summed E-state index contributed by atoms with van der Waals surface area (Å²) in [6.45, 7) is 2.14. The van der Waals surface area contributed by atoms with Crippen LogP contribution in [0.5, 0.6) is 5.75 Å². The summed E-state index contributed by atoms with van der Waals surface area (Å²) >= 11 is 1.31. The number of hydrogen-bond acceptors (Lipinski definition) is 6. The fraction of sp³-hybridized carbons (Fsp3) is 0.185. The number of aromatic nitrogens is 3. The van der Waals surface area contributed by atoms with E-state index in [-0.39, 0.29) is 17.4 Å². The van der Waals surface area contributed by atoms with Crippen molar-refractivity contribution in [2.24, 2.45) is 0 Å². The van der Waals surface area contributed by atoms with Gasteiger partial charge in [-0.1, -0.05) is 54.2 Å². The molecule has 0 aliphatic heterocycles. The van der Waals surface area contributed by atoms with E-state index in [1.165, 1.54) is 24.2 Å². The van der Waals surface area contributed by atoms with Gasteiger partial charge in [-0.05, 0) is 55.3 Å². The Labute approximate surface area is 208 Å². The minimum Gasteiger partial charge on any atom is -0.497 e. The number of thioether (sulfide) groups is 1. The number of ether oxygens (including phenoxy) is 1. The molecule has 1 aromatic heterocycles. The number of carbonyl (C=O) groups is 2. The van der Waals surface area contributed by atoms with E-state index in [1.54, 1.807) is 31.4 Å². The highest BCUT2D eigenvalue weighted by Gasteiger charge is 2.17. The number of methoxy groups -OCH3 is 1. The maximum atomic E-state index is 12.7. The number of carbonyl (C=O) groups excluding carboxylic acids is 2. The van der Waals surface area contributed by atoms with Gasteiger partial charge in [-0.2, -0.15) is 0 Å². The molecule has 3 aromatic carbocycles. The minimum atomic E-state index is -0.215. The summed E-state index contributed by atoms with van der Waals surface area (Å²) in [5, 5.41) is 12.3. The van der Waals surface area contributed by atoms with Gasteiger partial charge < -0.3 is 14.6 Å². The lowest BCUT2D eigenvalue weighted by Crippen LogP contribution is -2.16. The van der Waals surface area contributed by atoms with Crippen molar-refractivity contribution >= 4 is 29.1 Å². The summed E-state index contributed by atoms with van der Waals surface area (Å²) in [6.07, 6.45) is 0.799. The van der Waals surface area contributed by atoms with E-state index in [0.717, 1.165) is 23.6 Å². The first kappa shape index (κ1) is 24.2. The number of anilines is 1. The van der Waals surface area contributed by atoms with Crippen molar-refractivity contribution in [3.05, 3.63) is 90.0 Å². The zero-order valence-electron chi connectivity index (χ0n) is 19.6. The van der Waals surface area contributed by atoms with E-state index in [4.69, 9.17) is 4.74 Å². The van der Waals surface area contributed by atoms with Crippen LogP contribution in [0.15, 0.2) is 84.0 Å². The Hall–Kier alpha value is -3.91. The van der Waals surface area contributed by atoms with Crippen molar-refractivity contribution in [2.75, 3.05) is 18.2 Å². The van der Waals surface area contributed by atoms with Crippen LogP contribution in [-0.4, -0.2) is 39.3 Å². The number of Topliss-reactive ketones (excluding diaryl/α,β-unsaturated/α-hetero) is 1. The maximum Gasteiger partial charge on any atom is 0.234 e. The Morgan fingerprint density at radius 1 is 0.943 bits per heavy atom. The molecule has 7 nitrogen and oxygen atoms in total. The quantitative estimate of drug-likeness (QED) is 0.247. The van der Waals surface area contributed by atoms with Crippen LogP contribution in [0.3, 0.4) is 0 Å². The summed E-state index contributed by atoms with van der Waals surface area (Å²) in [5.74, 6) is 1.32. The van der Waals surface area contributed by atoms with Gasteiger partial charge in [0.1, 0.15) is 5.75 Å². The molecule has 178 valence electrons. The van der Waals surface area contributed by atoms with E-state index in [9.17, 15) is 9.59 Å². The lowest BCUT2D eigenvalue weighted by Gasteiger charge is -2.12. The molecule has 4 aromatic rings. The third-order valence-electron chi connectivity index (χ3n) is 5.44. The van der Waals surface area contributed by atoms with Crippen LogP contribution in [0.25, 0.3) is 11.4 Å². The van der Waals surface area contributed by atoms with Gasteiger partial charge in [0.25, 0.3) is 0 Å². The highest BCUT2D eigenvalue weighted by atomic mass is 32.2. The molecule has 0 atom stereocenters. The van der Waals surface area contributed by atoms with Crippen molar-refractivity contribution in [1.82, 2.24) is 14.8 Å². The number of benzene rings is 3. The molecular weight excluding hydrogens is 460 g/mol. The lowest BCUT2D eigenvalue weighted by atomic mass is 10.1. The van der Waals surface area contributed by atoms with E-state index >= 15 is 0 Å². The third-order valence-corrected chi connectivity index (χ3v) is 6.41. The van der Waals surface area contributed by atoms with Crippen LogP contribution in [-0.2, 0) is 17.8 Å². The topological polar surface area (TPSA) is 86.1 Å². The summed E-state index contributed by atoms with van der Waals surface area (Å²) in [4.78, 5) is 24.5. The molecule has 0 radical (unpaired) electrons. The van der Waals surface area contributed by atoms with E-state index in [1.807, 2.05) is 47.0 Å². The molecule has 0 spiro atoms. The first-order valence-electron chi connectivity index (χ1n) is 11.2. The third kappa shape index (κ3) is 6.16. The number of ketones is 1. The fourth-order valence-corrected chi connectivity index (χ4v) is 4.42. The molecule has 4 rings (SSSR count). The molecule has 0 aliphatic rings. The highest BCUT2D eigenvalue weighted by molar-refractivity contribution is 7.99. The molecule has 8 heteroatoms. The molecule has 35 heavy (non-hydrogen) atoms. The molecule has 0 saturated heterocycles. The van der Waals surface area contributed by atoms with Gasteiger partial charge in [-0.15, -0.1) is 10.2 Å². The molecule has 0 fully saturated rings. The Morgan fingerprint density at radius 2 is 1.66 bits per heavy atom. The Balaban J connectivity index is 1.52. The standard InChI is InChI=1S/C27H26N4O3S/c1-19(32)23-10-6-7-11-24(23)28-25(33)18-35-27-30-29-26(21-12-14-22(34-2)15-13-21)31(27)17-16-20-8-4-3-5-9-20/h3-15H,16-18H2,1-2H3,(H,28,33). The summed E-state index contributed by atoms with van der Waals surface area (Å²) in [7, 11) is 1.63. The average molecular weight is 487 g/mol. The lowest BCUT2D eigenvalue weighted by molar-refractivity contribution is -0.113. The zero-order chi connectivity index (χ0) is 24.6. The average Bonchev–Trinajstić information content (AvgIpc) is 3.29. The summed E-state index contributed by atoms with van der Waals surface area (Å²) < 4.78 is 7.31. The number of para-hydroxylation sites is 1. The fourth-order valence-electron chi connectivity index (χ4n) is 3.65. The van der Waals surface area contributed by atoms with Crippen molar-refractivity contribution in [1.29, 1.82) is 0 Å². The van der Waals surface area contributed by atoms with Crippen molar-refractivity contribution < 1.29 is 14.3 Å². The Kier molecular flexibility index (Phi) is 7.95. The molecule has 0 bridgehead atoms. The van der Waals surface area contributed by atoms with Crippen LogP contribution in [0.1, 0.15) is 22.8 Å². The number of hydrogen-bond donors (Lipinski definition) is 1. The molecule has 0 unspecified atom stereocenters. The Bertz CT molecular complexity index is 1300. The second kappa shape index (κ2) is 11.5. The molecular formula is C27H26N4O3S. The van der Waals surface area contributed by atoms with Crippen LogP contribution in [0.2, 0.25) is 0 Å². The van der Waals surface area contributed by atoms with Crippen LogP contribution in [0, 0.1) is 0 Å². The van der Waals surface area contributed by atoms with Gasteiger partial charge in [0, 0.05) is 17.7 Å². The predicted molar refractivity (Wildman–Crippen MR) is 138 cm³/mol. The van der Waals surface area contributed by atoms with Gasteiger partial charge in [0.15, 0.2) is 16.8 Å². The van der Waals surface area contributed by atoms with E-state index in [0.29, 0.717) is 23.0 Å². The molecule has 1 N–H and O–H groups in total. The number of rotatable bonds is 10. The van der Waals surface area contributed by atoms with Gasteiger partial charge in [-0.3, -0.25) is 9.59 Å². The van der Waals surface area contributed by atoms with Gasteiger partial charge in [0.05, 0.1) is 18.6 Å². The van der Waals surface area contributed by atoms with E-state index < -0.39 is 0 Å². The van der Waals surface area contributed by atoms with Gasteiger partial charge in [-0.25, -0.2) is 0 Å². The zero-order valence-corrected chi connectivity index (χ0v) is 20.4. The Morgan fingerprint density at radius 3 is 2.37 bits per heavy atom. The second-order valence-corrected chi connectivity index (χ2v) is 8.80. The predicted octanol–water partition coefficient (Wildman–Crippen LogP) is 5.13. The van der Waals surface area contributed by atoms with Gasteiger partial charge >= 0.3 is 0 Å². The van der Waals surface area contributed by atoms with Gasteiger partial charge in [0.2, 0.25) is 5.91 Å². The number of amides is 1. The number of aryl methyl sites for hydroxylation is 1. The molecule has 0 aliphatic carbocycles. The molecule has 1 heterocycles. The first-order valence-corrected chi connectivity index (χ1v) is 12.2. The normalized spacial score (nSPS) is 10.7. The largest absolute Gasteiger partial charge is 0.497 e. The smallest absolute Gasteiger partial charge is 0.234 e. The van der Waals surface area contributed by atoms with E-state index in [2.05, 4.69) is 27.6 Å². The maximum absolute atomic E-state index is 12.7. The second-order valence-electron chi connectivity index (χ2n) is 7.86. The van der Waals surface area contributed by atoms with Crippen LogP contribution in [0.4, 0.5) is 5.69 Å². The van der Waals surface area contributed by atoms with Crippen molar-refractivity contribution in [2.45, 2.75) is 25.0 Å². The number of nitrogens with zero attached hydrogens (tertiary/aromatic N) is 3. The minimum absolute atomic E-state index is 0.0988. The highest BCUT2D eigenvalue weighted by Crippen LogP contribution is 2.26. The summed E-state index contributed by atoms with van der Waals surface area (Å²) in [5.41, 5.74) is 3.11. The summed E-state index contributed by atoms with van der Waals surface area (Å²) in [6, 6.07) is 24.9. The number of nitrogens with one attached hydrogen (secondary N) is 1.